The number of aryl methyl sites for hydroxylation is 2. The summed E-state index contributed by atoms with van der Waals surface area (Å²) < 4.78 is 8.64. The van der Waals surface area contributed by atoms with E-state index in [9.17, 15) is 9.59 Å². The number of hydrogen-bond donors (Lipinski definition) is 1. The van der Waals surface area contributed by atoms with Crippen molar-refractivity contribution >= 4 is 19.4 Å². The number of nitrogens with one attached hydrogen (secondary N) is 1. The van der Waals surface area contributed by atoms with Crippen LogP contribution in [-0.4, -0.2) is 36.7 Å². The van der Waals surface area contributed by atoms with Gasteiger partial charge in [-0.15, -0.1) is 0 Å². The molecule has 1 aromatic heterocycles. The minimum atomic E-state index is -0.549. The third-order valence-corrected chi connectivity index (χ3v) is 6.60. The predicted octanol–water partition coefficient (Wildman–Crippen LogP) is 1.57. The minimum absolute atomic E-state index is 0.169. The summed E-state index contributed by atoms with van der Waals surface area (Å²) in [6.07, 6.45) is 1.10. The van der Waals surface area contributed by atoms with Crippen molar-refractivity contribution in [3.63, 3.8) is 0 Å². The maximum atomic E-state index is 12.1. The molecule has 1 aliphatic rings. The van der Waals surface area contributed by atoms with Gasteiger partial charge in [0.05, 0.1) is 0 Å². The van der Waals surface area contributed by atoms with Gasteiger partial charge in [0.15, 0.2) is 0 Å². The van der Waals surface area contributed by atoms with Gasteiger partial charge >= 0.3 is 156 Å². The first-order chi connectivity index (χ1) is 12.5. The standard InChI is InChI=1S/C17H19N5O3Se/c1-10-3-5-12(6-4-10)26-9-14-13(20-21-18)7-15(25-14)22-8-11(2)16(23)19-17(22)24/h3-6,8,13-15H,7,9H2,1-2H3,(H,19,23,24)/t13?,14-,15-/m1/s1. The molecule has 26 heavy (non-hydrogen) atoms. The van der Waals surface area contributed by atoms with E-state index < -0.39 is 17.5 Å². The predicted molar refractivity (Wildman–Crippen MR) is 98.9 cm³/mol. The van der Waals surface area contributed by atoms with Crippen LogP contribution in [-0.2, 0) is 4.74 Å². The zero-order valence-corrected chi connectivity index (χ0v) is 16.2. The van der Waals surface area contributed by atoms with E-state index in [0.717, 1.165) is 5.32 Å². The first kappa shape index (κ1) is 18.5. The molecule has 136 valence electrons. The summed E-state index contributed by atoms with van der Waals surface area (Å²) in [6.45, 7) is 3.68. The average Bonchev–Trinajstić information content (AvgIpc) is 3.01. The van der Waals surface area contributed by atoms with Crippen LogP contribution in [0.3, 0.4) is 0 Å². The van der Waals surface area contributed by atoms with E-state index in [0.29, 0.717) is 12.0 Å². The fourth-order valence-electron chi connectivity index (χ4n) is 2.84. The molecule has 2 aromatic rings. The van der Waals surface area contributed by atoms with E-state index in [1.54, 1.807) is 6.92 Å². The number of nitrogens with zero attached hydrogens (tertiary/aromatic N) is 4. The third kappa shape index (κ3) is 4.08. The molecule has 0 radical (unpaired) electrons. The number of H-pyrrole nitrogens is 1. The molecule has 9 heteroatoms. The van der Waals surface area contributed by atoms with Crippen LogP contribution in [0.4, 0.5) is 0 Å². The molecule has 1 aromatic carbocycles. The van der Waals surface area contributed by atoms with Crippen LogP contribution in [0.2, 0.25) is 5.32 Å². The molecular formula is C17H19N5O3Se. The molecule has 3 rings (SSSR count). The van der Waals surface area contributed by atoms with Gasteiger partial charge in [0.25, 0.3) is 0 Å². The van der Waals surface area contributed by atoms with Gasteiger partial charge in [0.1, 0.15) is 0 Å². The van der Waals surface area contributed by atoms with Crippen LogP contribution in [0.5, 0.6) is 0 Å². The fourth-order valence-corrected chi connectivity index (χ4v) is 4.91. The Morgan fingerprint density at radius 3 is 2.77 bits per heavy atom. The second kappa shape index (κ2) is 7.93. The molecule has 1 unspecified atom stereocenters. The van der Waals surface area contributed by atoms with Crippen molar-refractivity contribution in [3.05, 3.63) is 72.9 Å². The van der Waals surface area contributed by atoms with Crippen molar-refractivity contribution in [2.75, 3.05) is 0 Å². The SMILES string of the molecule is Cc1ccc([Se]C[C@H]2O[C@@H](n3cc(C)c(=O)[nH]c3=O)CC2N=[N+]=[N-])cc1. The van der Waals surface area contributed by atoms with Crippen LogP contribution in [0.15, 0.2) is 45.2 Å². The van der Waals surface area contributed by atoms with Crippen molar-refractivity contribution in [2.45, 2.75) is 44.0 Å². The summed E-state index contributed by atoms with van der Waals surface area (Å²) >= 11 is 0.169. The van der Waals surface area contributed by atoms with Crippen molar-refractivity contribution in [1.82, 2.24) is 9.55 Å². The van der Waals surface area contributed by atoms with Crippen LogP contribution >= 0.6 is 0 Å². The van der Waals surface area contributed by atoms with Crippen molar-refractivity contribution < 1.29 is 4.74 Å². The second-order valence-electron chi connectivity index (χ2n) is 6.24. The molecule has 3 atom stereocenters. The Hall–Kier alpha value is -2.31. The second-order valence-corrected chi connectivity index (χ2v) is 8.53. The quantitative estimate of drug-likeness (QED) is 0.343. The van der Waals surface area contributed by atoms with Gasteiger partial charge in [-0.3, -0.25) is 0 Å². The molecule has 0 bridgehead atoms. The Kier molecular flexibility index (Phi) is 5.64. The average molecular weight is 420 g/mol. The monoisotopic (exact) mass is 421 g/mol. The Balaban J connectivity index is 1.77. The van der Waals surface area contributed by atoms with Crippen LogP contribution in [0.1, 0.15) is 23.8 Å². The Morgan fingerprint density at radius 1 is 1.35 bits per heavy atom. The Morgan fingerprint density at radius 2 is 2.08 bits per heavy atom. The topological polar surface area (TPSA) is 113 Å². The van der Waals surface area contributed by atoms with Crippen LogP contribution < -0.4 is 15.7 Å². The molecule has 0 spiro atoms. The molecule has 8 nitrogen and oxygen atoms in total. The molecule has 0 amide bonds. The van der Waals surface area contributed by atoms with Crippen molar-refractivity contribution in [1.29, 1.82) is 0 Å². The number of benzene rings is 1. The summed E-state index contributed by atoms with van der Waals surface area (Å²) in [4.78, 5) is 28.8. The van der Waals surface area contributed by atoms with E-state index >= 15 is 0 Å². The van der Waals surface area contributed by atoms with Gasteiger partial charge in [-0.25, -0.2) is 0 Å². The summed E-state index contributed by atoms with van der Waals surface area (Å²) in [5.74, 6) is 0. The maximum absolute atomic E-state index is 12.1. The molecule has 0 saturated carbocycles. The third-order valence-electron chi connectivity index (χ3n) is 4.30. The molecule has 1 saturated heterocycles. The Bertz CT molecular complexity index is 946. The number of aromatic nitrogens is 2. The molecule has 1 fully saturated rings. The van der Waals surface area contributed by atoms with E-state index in [2.05, 4.69) is 39.3 Å². The van der Waals surface area contributed by atoms with Crippen LogP contribution in [0.25, 0.3) is 10.4 Å². The Labute approximate surface area is 156 Å². The number of hydrogen-bond acceptors (Lipinski definition) is 4. The summed E-state index contributed by atoms with van der Waals surface area (Å²) in [6, 6.07) is 8.00. The normalized spacial score (nSPS) is 22.2. The van der Waals surface area contributed by atoms with Gasteiger partial charge in [-0.1, -0.05) is 0 Å². The van der Waals surface area contributed by atoms with E-state index in [1.165, 1.54) is 20.8 Å². The molecular weight excluding hydrogens is 401 g/mol. The first-order valence-electron chi connectivity index (χ1n) is 8.19. The first-order valence-corrected chi connectivity index (χ1v) is 10.3. The van der Waals surface area contributed by atoms with Gasteiger partial charge < -0.3 is 0 Å². The van der Waals surface area contributed by atoms with Crippen LogP contribution in [0, 0.1) is 13.8 Å². The summed E-state index contributed by atoms with van der Waals surface area (Å²) in [5.41, 5.74) is 9.56. The number of rotatable bonds is 5. The molecule has 2 heterocycles. The number of ether oxygens (including phenoxy) is 1. The van der Waals surface area contributed by atoms with Gasteiger partial charge in [0.2, 0.25) is 0 Å². The summed E-state index contributed by atoms with van der Waals surface area (Å²) in [7, 11) is 0. The van der Waals surface area contributed by atoms with E-state index in [4.69, 9.17) is 10.3 Å². The molecule has 1 aliphatic heterocycles. The zero-order valence-electron chi connectivity index (χ0n) is 14.5. The van der Waals surface area contributed by atoms with Gasteiger partial charge in [-0.2, -0.15) is 0 Å². The van der Waals surface area contributed by atoms with Crippen molar-refractivity contribution in [2.24, 2.45) is 5.11 Å². The van der Waals surface area contributed by atoms with E-state index in [1.807, 2.05) is 6.92 Å². The van der Waals surface area contributed by atoms with Gasteiger partial charge in [0, 0.05) is 0 Å². The number of aromatic amines is 1. The number of azide groups is 1. The molecule has 1 N–H and O–H groups in total. The zero-order chi connectivity index (χ0) is 18.7. The fraction of sp³-hybridized carbons (Fsp3) is 0.412. The van der Waals surface area contributed by atoms with Crippen molar-refractivity contribution in [3.8, 4) is 0 Å². The molecule has 0 aliphatic carbocycles. The summed E-state index contributed by atoms with van der Waals surface area (Å²) in [5, 5.41) is 4.60. The van der Waals surface area contributed by atoms with E-state index in [-0.39, 0.29) is 27.1 Å². The van der Waals surface area contributed by atoms with Gasteiger partial charge in [-0.05, 0) is 0 Å².